The summed E-state index contributed by atoms with van der Waals surface area (Å²) in [6.07, 6.45) is 2.18. The standard InChI is InChI=1S/C21H22N2O2/c1-13-10-14(2)15-7-5-9-23(19(15)11-13)21(25)17-12-20(24)22-18-8-4-3-6-16(17)18/h3-4,6,8,10-11,17H,5,7,9,12H2,1-2H3,(H,22,24). The average molecular weight is 334 g/mol. The highest BCUT2D eigenvalue weighted by atomic mass is 16.2. The molecule has 0 saturated carbocycles. The maximum Gasteiger partial charge on any atom is 0.235 e. The minimum Gasteiger partial charge on any atom is -0.326 e. The average Bonchev–Trinajstić information content (AvgIpc) is 2.60. The first kappa shape index (κ1) is 15.9. The molecule has 1 atom stereocenters. The fourth-order valence-corrected chi connectivity index (χ4v) is 4.12. The Morgan fingerprint density at radius 3 is 2.84 bits per heavy atom. The first-order valence-corrected chi connectivity index (χ1v) is 8.85. The van der Waals surface area contributed by atoms with Crippen molar-refractivity contribution in [3.8, 4) is 0 Å². The number of nitrogens with zero attached hydrogens (tertiary/aromatic N) is 1. The van der Waals surface area contributed by atoms with Crippen molar-refractivity contribution in [3.05, 3.63) is 58.7 Å². The Kier molecular flexibility index (Phi) is 3.83. The van der Waals surface area contributed by atoms with Gasteiger partial charge in [0.2, 0.25) is 11.8 Å². The molecule has 4 rings (SSSR count). The Hall–Kier alpha value is -2.62. The third-order valence-electron chi connectivity index (χ3n) is 5.26. The molecule has 1 N–H and O–H groups in total. The zero-order valence-corrected chi connectivity index (χ0v) is 14.6. The molecule has 4 nitrogen and oxygen atoms in total. The van der Waals surface area contributed by atoms with Crippen LogP contribution in [0.5, 0.6) is 0 Å². The number of hydrogen-bond acceptors (Lipinski definition) is 2. The van der Waals surface area contributed by atoms with Crippen LogP contribution in [0.25, 0.3) is 0 Å². The van der Waals surface area contributed by atoms with E-state index in [4.69, 9.17) is 0 Å². The van der Waals surface area contributed by atoms with Gasteiger partial charge in [-0.3, -0.25) is 9.59 Å². The molecule has 25 heavy (non-hydrogen) atoms. The van der Waals surface area contributed by atoms with Crippen molar-refractivity contribution in [2.24, 2.45) is 0 Å². The molecule has 0 spiro atoms. The van der Waals surface area contributed by atoms with E-state index >= 15 is 0 Å². The summed E-state index contributed by atoms with van der Waals surface area (Å²) in [6, 6.07) is 11.9. The molecule has 0 saturated heterocycles. The van der Waals surface area contributed by atoms with Gasteiger partial charge in [0.05, 0.1) is 5.92 Å². The number of amides is 2. The topological polar surface area (TPSA) is 49.4 Å². The minimum atomic E-state index is -0.406. The van der Waals surface area contributed by atoms with Crippen LogP contribution in [-0.4, -0.2) is 18.4 Å². The fraction of sp³-hybridized carbons (Fsp3) is 0.333. The van der Waals surface area contributed by atoms with Crippen LogP contribution >= 0.6 is 0 Å². The molecule has 2 aromatic carbocycles. The zero-order valence-electron chi connectivity index (χ0n) is 14.6. The quantitative estimate of drug-likeness (QED) is 0.864. The monoisotopic (exact) mass is 334 g/mol. The molecule has 2 heterocycles. The van der Waals surface area contributed by atoms with Gasteiger partial charge in [0.1, 0.15) is 0 Å². The minimum absolute atomic E-state index is 0.0354. The maximum absolute atomic E-state index is 13.4. The summed E-state index contributed by atoms with van der Waals surface area (Å²) < 4.78 is 0. The molecule has 0 bridgehead atoms. The summed E-state index contributed by atoms with van der Waals surface area (Å²) in [5, 5.41) is 2.88. The van der Waals surface area contributed by atoms with Gasteiger partial charge in [-0.1, -0.05) is 24.3 Å². The van der Waals surface area contributed by atoms with Gasteiger partial charge in [0, 0.05) is 24.3 Å². The second-order valence-electron chi connectivity index (χ2n) is 7.07. The van der Waals surface area contributed by atoms with Gasteiger partial charge in [-0.25, -0.2) is 0 Å². The van der Waals surface area contributed by atoms with Crippen molar-refractivity contribution in [3.63, 3.8) is 0 Å². The van der Waals surface area contributed by atoms with E-state index in [-0.39, 0.29) is 18.2 Å². The molecular weight excluding hydrogens is 312 g/mol. The van der Waals surface area contributed by atoms with Crippen LogP contribution < -0.4 is 10.2 Å². The summed E-state index contributed by atoms with van der Waals surface area (Å²) in [7, 11) is 0. The highest BCUT2D eigenvalue weighted by molar-refractivity contribution is 6.06. The first-order chi connectivity index (χ1) is 12.0. The highest BCUT2D eigenvalue weighted by Gasteiger charge is 2.35. The number of nitrogens with one attached hydrogen (secondary N) is 1. The molecule has 4 heteroatoms. The van der Waals surface area contributed by atoms with Gasteiger partial charge in [0.25, 0.3) is 0 Å². The number of hydrogen-bond donors (Lipinski definition) is 1. The van der Waals surface area contributed by atoms with E-state index in [1.165, 1.54) is 11.1 Å². The molecule has 0 radical (unpaired) electrons. The molecule has 2 amide bonds. The van der Waals surface area contributed by atoms with Crippen LogP contribution in [0.3, 0.4) is 0 Å². The molecule has 0 fully saturated rings. The van der Waals surface area contributed by atoms with E-state index in [2.05, 4.69) is 31.3 Å². The third-order valence-corrected chi connectivity index (χ3v) is 5.26. The number of carbonyl (C=O) groups is 2. The second kappa shape index (κ2) is 6.03. The van der Waals surface area contributed by atoms with Crippen LogP contribution in [0.2, 0.25) is 0 Å². The molecule has 2 aliphatic rings. The van der Waals surface area contributed by atoms with E-state index in [0.29, 0.717) is 0 Å². The lowest BCUT2D eigenvalue weighted by Gasteiger charge is -2.35. The SMILES string of the molecule is Cc1cc(C)c2c(c1)N(C(=O)C1CC(=O)Nc3ccccc31)CCC2. The summed E-state index contributed by atoms with van der Waals surface area (Å²) >= 11 is 0. The summed E-state index contributed by atoms with van der Waals surface area (Å²) in [5.41, 5.74) is 6.38. The van der Waals surface area contributed by atoms with Gasteiger partial charge in [-0.2, -0.15) is 0 Å². The lowest BCUT2D eigenvalue weighted by molar-refractivity contribution is -0.124. The second-order valence-corrected chi connectivity index (χ2v) is 7.07. The van der Waals surface area contributed by atoms with Gasteiger partial charge in [-0.05, 0) is 61.1 Å². The number of benzene rings is 2. The molecule has 128 valence electrons. The number of para-hydroxylation sites is 1. The Labute approximate surface area is 147 Å². The predicted octanol–water partition coefficient (Wildman–Crippen LogP) is 3.71. The maximum atomic E-state index is 13.4. The van der Waals surface area contributed by atoms with E-state index in [9.17, 15) is 9.59 Å². The molecule has 0 aromatic heterocycles. The third kappa shape index (κ3) is 2.72. The van der Waals surface area contributed by atoms with Crippen LogP contribution in [-0.2, 0) is 16.0 Å². The van der Waals surface area contributed by atoms with Gasteiger partial charge in [0.15, 0.2) is 0 Å². The van der Waals surface area contributed by atoms with Crippen LogP contribution in [0, 0.1) is 13.8 Å². The Morgan fingerprint density at radius 1 is 1.20 bits per heavy atom. The lowest BCUT2D eigenvalue weighted by Crippen LogP contribution is -2.41. The van der Waals surface area contributed by atoms with Crippen molar-refractivity contribution < 1.29 is 9.59 Å². The molecule has 2 aromatic rings. The van der Waals surface area contributed by atoms with Crippen LogP contribution in [0.15, 0.2) is 36.4 Å². The Bertz CT molecular complexity index is 872. The molecular formula is C21H22N2O2. The number of rotatable bonds is 1. The first-order valence-electron chi connectivity index (χ1n) is 8.85. The highest BCUT2D eigenvalue weighted by Crippen LogP contribution is 2.37. The smallest absolute Gasteiger partial charge is 0.235 e. The van der Waals surface area contributed by atoms with E-state index in [1.54, 1.807) is 0 Å². The summed E-state index contributed by atoms with van der Waals surface area (Å²) in [6.45, 7) is 4.89. The van der Waals surface area contributed by atoms with Crippen LogP contribution in [0.1, 0.15) is 41.0 Å². The number of fused-ring (bicyclic) bond motifs is 2. The number of aryl methyl sites for hydroxylation is 2. The fourth-order valence-electron chi connectivity index (χ4n) is 4.12. The van der Waals surface area contributed by atoms with Crippen molar-refractivity contribution in [1.82, 2.24) is 0 Å². The number of anilines is 2. The normalized spacial score (nSPS) is 19.0. The number of carbonyl (C=O) groups excluding carboxylic acids is 2. The zero-order chi connectivity index (χ0) is 17.6. The van der Waals surface area contributed by atoms with Crippen molar-refractivity contribution in [1.29, 1.82) is 0 Å². The summed E-state index contributed by atoms with van der Waals surface area (Å²) in [5.74, 6) is -0.459. The van der Waals surface area contributed by atoms with Gasteiger partial charge < -0.3 is 10.2 Å². The van der Waals surface area contributed by atoms with Crippen molar-refractivity contribution >= 4 is 23.2 Å². The lowest BCUT2D eigenvalue weighted by atomic mass is 9.87. The van der Waals surface area contributed by atoms with Crippen LogP contribution in [0.4, 0.5) is 11.4 Å². The van der Waals surface area contributed by atoms with E-state index < -0.39 is 5.92 Å². The predicted molar refractivity (Wildman–Crippen MR) is 99.0 cm³/mol. The molecule has 2 aliphatic heterocycles. The largest absolute Gasteiger partial charge is 0.326 e. The summed E-state index contributed by atoms with van der Waals surface area (Å²) in [4.78, 5) is 27.4. The van der Waals surface area contributed by atoms with E-state index in [0.717, 1.165) is 41.9 Å². The van der Waals surface area contributed by atoms with Crippen molar-refractivity contribution in [2.45, 2.75) is 39.0 Å². The molecule has 1 unspecified atom stereocenters. The Morgan fingerprint density at radius 2 is 2.00 bits per heavy atom. The van der Waals surface area contributed by atoms with Crippen molar-refractivity contribution in [2.75, 3.05) is 16.8 Å². The van der Waals surface area contributed by atoms with E-state index in [1.807, 2.05) is 29.2 Å². The molecule has 0 aliphatic carbocycles. The van der Waals surface area contributed by atoms with Gasteiger partial charge >= 0.3 is 0 Å². The Balaban J connectivity index is 1.75. The van der Waals surface area contributed by atoms with Gasteiger partial charge in [-0.15, -0.1) is 0 Å².